The largest absolute Gasteiger partial charge is 0.456 e. The van der Waals surface area contributed by atoms with Gasteiger partial charge < -0.3 is 9.47 Å². The van der Waals surface area contributed by atoms with E-state index in [1.807, 2.05) is 32.0 Å². The minimum atomic E-state index is -0.258. The molecule has 0 aliphatic carbocycles. The van der Waals surface area contributed by atoms with Gasteiger partial charge in [0, 0.05) is 6.42 Å². The molecule has 0 spiro atoms. The molecule has 0 aromatic heterocycles. The smallest absolute Gasteiger partial charge is 0.338 e. The van der Waals surface area contributed by atoms with E-state index in [1.165, 1.54) is 0 Å². The highest BCUT2D eigenvalue weighted by Crippen LogP contribution is 2.25. The second-order valence-electron chi connectivity index (χ2n) is 4.44. The molecule has 0 radical (unpaired) electrons. The van der Waals surface area contributed by atoms with Gasteiger partial charge in [-0.05, 0) is 25.5 Å². The maximum absolute atomic E-state index is 11.9. The van der Waals surface area contributed by atoms with Crippen molar-refractivity contribution < 1.29 is 14.3 Å². The zero-order valence-corrected chi connectivity index (χ0v) is 10.3. The third kappa shape index (κ3) is 2.86. The molecule has 1 saturated heterocycles. The summed E-state index contributed by atoms with van der Waals surface area (Å²) in [6.45, 7) is 4.06. The predicted molar refractivity (Wildman–Crippen MR) is 64.9 cm³/mol. The SMILES string of the molecule is CC[C@@H]1O[C@H](C)CC1OC(=O)c1ccccc1. The van der Waals surface area contributed by atoms with Gasteiger partial charge in [0.2, 0.25) is 0 Å². The molecule has 2 rings (SSSR count). The molecule has 1 heterocycles. The van der Waals surface area contributed by atoms with E-state index in [0.29, 0.717) is 5.56 Å². The van der Waals surface area contributed by atoms with Crippen molar-refractivity contribution >= 4 is 5.97 Å². The van der Waals surface area contributed by atoms with Gasteiger partial charge in [-0.3, -0.25) is 0 Å². The van der Waals surface area contributed by atoms with Crippen molar-refractivity contribution in [1.82, 2.24) is 0 Å². The Hall–Kier alpha value is -1.35. The van der Waals surface area contributed by atoms with E-state index in [2.05, 4.69) is 0 Å². The molecule has 1 aromatic carbocycles. The van der Waals surface area contributed by atoms with Gasteiger partial charge in [0.1, 0.15) is 6.10 Å². The van der Waals surface area contributed by atoms with Crippen LogP contribution in [0.4, 0.5) is 0 Å². The molecule has 3 nitrogen and oxygen atoms in total. The van der Waals surface area contributed by atoms with E-state index in [-0.39, 0.29) is 24.3 Å². The van der Waals surface area contributed by atoms with Crippen LogP contribution in [0.3, 0.4) is 0 Å². The monoisotopic (exact) mass is 234 g/mol. The van der Waals surface area contributed by atoms with Gasteiger partial charge in [0.25, 0.3) is 0 Å². The predicted octanol–water partition coefficient (Wildman–Crippen LogP) is 2.80. The molecule has 0 amide bonds. The summed E-state index contributed by atoms with van der Waals surface area (Å²) in [6.07, 6.45) is 1.77. The quantitative estimate of drug-likeness (QED) is 0.754. The van der Waals surface area contributed by atoms with E-state index in [1.54, 1.807) is 12.1 Å². The Morgan fingerprint density at radius 3 is 2.76 bits per heavy atom. The van der Waals surface area contributed by atoms with E-state index in [0.717, 1.165) is 12.8 Å². The average Bonchev–Trinajstić information content (AvgIpc) is 2.70. The Labute approximate surface area is 102 Å². The molecule has 1 aliphatic rings. The summed E-state index contributed by atoms with van der Waals surface area (Å²) in [5.41, 5.74) is 0.599. The highest BCUT2D eigenvalue weighted by atomic mass is 16.6. The molecule has 0 N–H and O–H groups in total. The van der Waals surface area contributed by atoms with Gasteiger partial charge >= 0.3 is 5.97 Å². The lowest BCUT2D eigenvalue weighted by molar-refractivity contribution is -0.00984. The first-order chi connectivity index (χ1) is 8.20. The van der Waals surface area contributed by atoms with Gasteiger partial charge in [-0.1, -0.05) is 25.1 Å². The highest BCUT2D eigenvalue weighted by molar-refractivity contribution is 5.89. The van der Waals surface area contributed by atoms with Crippen LogP contribution in [0.2, 0.25) is 0 Å². The fourth-order valence-electron chi connectivity index (χ4n) is 2.18. The first-order valence-electron chi connectivity index (χ1n) is 6.12. The number of benzene rings is 1. The Morgan fingerprint density at radius 2 is 2.12 bits per heavy atom. The van der Waals surface area contributed by atoms with E-state index >= 15 is 0 Å². The first-order valence-corrected chi connectivity index (χ1v) is 6.12. The summed E-state index contributed by atoms with van der Waals surface area (Å²) in [7, 11) is 0. The van der Waals surface area contributed by atoms with Gasteiger partial charge in [0.05, 0.1) is 17.8 Å². The molecular formula is C14H18O3. The van der Waals surface area contributed by atoms with Crippen molar-refractivity contribution in [2.75, 3.05) is 0 Å². The van der Waals surface area contributed by atoms with E-state index in [9.17, 15) is 4.79 Å². The number of carbonyl (C=O) groups is 1. The second-order valence-corrected chi connectivity index (χ2v) is 4.44. The van der Waals surface area contributed by atoms with Crippen molar-refractivity contribution in [3.05, 3.63) is 35.9 Å². The Bertz CT molecular complexity index is 374. The molecular weight excluding hydrogens is 216 g/mol. The van der Waals surface area contributed by atoms with Crippen LogP contribution in [-0.2, 0) is 9.47 Å². The third-order valence-electron chi connectivity index (χ3n) is 3.06. The molecule has 1 unspecified atom stereocenters. The van der Waals surface area contributed by atoms with Crippen LogP contribution in [0.5, 0.6) is 0 Å². The molecule has 0 saturated carbocycles. The van der Waals surface area contributed by atoms with Gasteiger partial charge in [-0.15, -0.1) is 0 Å². The fourth-order valence-corrected chi connectivity index (χ4v) is 2.18. The first kappa shape index (κ1) is 12.1. The molecule has 1 aliphatic heterocycles. The maximum Gasteiger partial charge on any atom is 0.338 e. The Balaban J connectivity index is 1.99. The van der Waals surface area contributed by atoms with E-state index < -0.39 is 0 Å². The molecule has 0 bridgehead atoms. The number of hydrogen-bond acceptors (Lipinski definition) is 3. The van der Waals surface area contributed by atoms with Crippen LogP contribution in [-0.4, -0.2) is 24.3 Å². The molecule has 3 heteroatoms. The van der Waals surface area contributed by atoms with Crippen molar-refractivity contribution in [3.63, 3.8) is 0 Å². The standard InChI is InChI=1S/C14H18O3/c1-3-12-13(9-10(2)16-12)17-14(15)11-7-5-4-6-8-11/h4-8,10,12-13H,3,9H2,1-2H3/t10-,12+,13?/m1/s1. The zero-order chi connectivity index (χ0) is 12.3. The fraction of sp³-hybridized carbons (Fsp3) is 0.500. The van der Waals surface area contributed by atoms with Crippen molar-refractivity contribution in [3.8, 4) is 0 Å². The van der Waals surface area contributed by atoms with Gasteiger partial charge in [0.15, 0.2) is 0 Å². The summed E-state index contributed by atoms with van der Waals surface area (Å²) in [4.78, 5) is 11.9. The lowest BCUT2D eigenvalue weighted by Crippen LogP contribution is -2.26. The van der Waals surface area contributed by atoms with Crippen LogP contribution in [0.15, 0.2) is 30.3 Å². The number of rotatable bonds is 3. The number of esters is 1. The average molecular weight is 234 g/mol. The van der Waals surface area contributed by atoms with Crippen LogP contribution in [0, 0.1) is 0 Å². The van der Waals surface area contributed by atoms with Gasteiger partial charge in [-0.2, -0.15) is 0 Å². The van der Waals surface area contributed by atoms with E-state index in [4.69, 9.17) is 9.47 Å². The number of hydrogen-bond donors (Lipinski definition) is 0. The topological polar surface area (TPSA) is 35.5 Å². The minimum Gasteiger partial charge on any atom is -0.456 e. The Morgan fingerprint density at radius 1 is 1.41 bits per heavy atom. The summed E-state index contributed by atoms with van der Waals surface area (Å²) in [5, 5.41) is 0. The van der Waals surface area contributed by atoms with Crippen LogP contribution >= 0.6 is 0 Å². The van der Waals surface area contributed by atoms with Crippen LogP contribution < -0.4 is 0 Å². The molecule has 3 atom stereocenters. The van der Waals surface area contributed by atoms with Crippen LogP contribution in [0.25, 0.3) is 0 Å². The number of ether oxygens (including phenoxy) is 2. The van der Waals surface area contributed by atoms with Crippen molar-refractivity contribution in [1.29, 1.82) is 0 Å². The number of carbonyl (C=O) groups excluding carboxylic acids is 1. The highest BCUT2D eigenvalue weighted by Gasteiger charge is 2.34. The third-order valence-corrected chi connectivity index (χ3v) is 3.06. The molecule has 17 heavy (non-hydrogen) atoms. The summed E-state index contributed by atoms with van der Waals surface area (Å²) in [5.74, 6) is -0.258. The van der Waals surface area contributed by atoms with Gasteiger partial charge in [-0.25, -0.2) is 4.79 Å². The molecule has 1 aromatic rings. The van der Waals surface area contributed by atoms with Crippen LogP contribution in [0.1, 0.15) is 37.0 Å². The molecule has 92 valence electrons. The summed E-state index contributed by atoms with van der Waals surface area (Å²) < 4.78 is 11.2. The maximum atomic E-state index is 11.9. The summed E-state index contributed by atoms with van der Waals surface area (Å²) in [6, 6.07) is 9.08. The summed E-state index contributed by atoms with van der Waals surface area (Å²) >= 11 is 0. The zero-order valence-electron chi connectivity index (χ0n) is 10.3. The Kier molecular flexibility index (Phi) is 3.79. The lowest BCUT2D eigenvalue weighted by Gasteiger charge is -2.17. The minimum absolute atomic E-state index is 0.0395. The second kappa shape index (κ2) is 5.32. The normalized spacial score (nSPS) is 28.0. The van der Waals surface area contributed by atoms with Crippen molar-refractivity contribution in [2.24, 2.45) is 0 Å². The van der Waals surface area contributed by atoms with Crippen molar-refractivity contribution in [2.45, 2.75) is 45.0 Å². The lowest BCUT2D eigenvalue weighted by atomic mass is 10.1. The molecule has 1 fully saturated rings.